The Hall–Kier alpha value is -1.85. The van der Waals surface area contributed by atoms with E-state index in [4.69, 9.17) is 0 Å². The average Bonchev–Trinajstić information content (AvgIpc) is 2.53. The molecule has 2 rings (SSSR count). The Kier molecular flexibility index (Phi) is 6.48. The predicted octanol–water partition coefficient (Wildman–Crippen LogP) is 0.624. The summed E-state index contributed by atoms with van der Waals surface area (Å²) >= 11 is 0. The van der Waals surface area contributed by atoms with E-state index >= 15 is 0 Å². The summed E-state index contributed by atoms with van der Waals surface area (Å²) < 4.78 is 65.0. The van der Waals surface area contributed by atoms with Gasteiger partial charge < -0.3 is 10.6 Å². The van der Waals surface area contributed by atoms with Gasteiger partial charge in [-0.1, -0.05) is 12.1 Å². The molecule has 0 aromatic heterocycles. The monoisotopic (exact) mass is 394 g/mol. The van der Waals surface area contributed by atoms with Crippen molar-refractivity contribution < 1.29 is 26.4 Å². The second kappa shape index (κ2) is 8.23. The number of rotatable bonds is 6. The van der Waals surface area contributed by atoms with Crippen molar-refractivity contribution >= 4 is 21.6 Å². The third-order valence-electron chi connectivity index (χ3n) is 3.89. The van der Waals surface area contributed by atoms with Crippen LogP contribution in [0.2, 0.25) is 0 Å². The van der Waals surface area contributed by atoms with Crippen LogP contribution in [-0.2, 0) is 10.0 Å². The van der Waals surface area contributed by atoms with Crippen LogP contribution < -0.4 is 15.4 Å². The van der Waals surface area contributed by atoms with Gasteiger partial charge in [0.05, 0.1) is 17.5 Å². The molecule has 11 heteroatoms. The highest BCUT2D eigenvalue weighted by Gasteiger charge is 2.43. The van der Waals surface area contributed by atoms with E-state index < -0.39 is 34.7 Å². The summed E-state index contributed by atoms with van der Waals surface area (Å²) in [5.74, 6) is -0.777. The van der Waals surface area contributed by atoms with Gasteiger partial charge in [-0.2, -0.15) is 13.2 Å². The van der Waals surface area contributed by atoms with Crippen molar-refractivity contribution in [3.8, 4) is 0 Å². The Balaban J connectivity index is 2.11. The summed E-state index contributed by atoms with van der Waals surface area (Å²) in [6, 6.07) is 3.93. The maximum absolute atomic E-state index is 13.4. The van der Waals surface area contributed by atoms with Gasteiger partial charge in [0.15, 0.2) is 0 Å². The van der Waals surface area contributed by atoms with Crippen LogP contribution in [0.1, 0.15) is 10.4 Å². The Labute approximate surface area is 150 Å². The summed E-state index contributed by atoms with van der Waals surface area (Å²) in [4.78, 5) is 13.6. The molecule has 26 heavy (non-hydrogen) atoms. The lowest BCUT2D eigenvalue weighted by Gasteiger charge is -2.35. The van der Waals surface area contributed by atoms with Gasteiger partial charge in [-0.3, -0.25) is 14.4 Å². The summed E-state index contributed by atoms with van der Waals surface area (Å²) in [5, 5.41) is 5.25. The van der Waals surface area contributed by atoms with E-state index in [2.05, 4.69) is 15.4 Å². The molecule has 0 radical (unpaired) electrons. The number of nitrogens with one attached hydrogen (secondary N) is 3. The molecular weight excluding hydrogens is 373 g/mol. The third-order valence-corrected chi connectivity index (χ3v) is 4.48. The van der Waals surface area contributed by atoms with Crippen molar-refractivity contribution in [2.24, 2.45) is 0 Å². The number of hydrogen-bond donors (Lipinski definition) is 3. The molecule has 3 N–H and O–H groups in total. The fourth-order valence-corrected chi connectivity index (χ4v) is 3.28. The highest BCUT2D eigenvalue weighted by Crippen LogP contribution is 2.25. The van der Waals surface area contributed by atoms with E-state index in [0.717, 1.165) is 6.26 Å². The van der Waals surface area contributed by atoms with E-state index in [9.17, 15) is 26.4 Å². The number of anilines is 1. The minimum absolute atomic E-state index is 0.0123. The summed E-state index contributed by atoms with van der Waals surface area (Å²) in [7, 11) is -3.63. The quantitative estimate of drug-likeness (QED) is 0.658. The Morgan fingerprint density at radius 1 is 1.27 bits per heavy atom. The van der Waals surface area contributed by atoms with Gasteiger partial charge in [0, 0.05) is 32.7 Å². The average molecular weight is 394 g/mol. The lowest BCUT2D eigenvalue weighted by atomic mass is 10.1. The molecule has 1 fully saturated rings. The molecule has 0 spiro atoms. The zero-order valence-electron chi connectivity index (χ0n) is 14.1. The number of carbonyl (C=O) groups is 1. The first kappa shape index (κ1) is 20.5. The number of benzene rings is 1. The lowest BCUT2D eigenvalue weighted by molar-refractivity contribution is -0.183. The van der Waals surface area contributed by atoms with Crippen LogP contribution in [0.3, 0.4) is 0 Å². The van der Waals surface area contributed by atoms with Crippen LogP contribution in [0.5, 0.6) is 0 Å². The maximum atomic E-state index is 13.4. The van der Waals surface area contributed by atoms with Crippen LogP contribution in [0.15, 0.2) is 24.3 Å². The van der Waals surface area contributed by atoms with Crippen molar-refractivity contribution in [3.05, 3.63) is 29.8 Å². The molecule has 1 amide bonds. The minimum atomic E-state index is -4.49. The topological polar surface area (TPSA) is 90.5 Å². The molecule has 7 nitrogen and oxygen atoms in total. The van der Waals surface area contributed by atoms with Gasteiger partial charge in [-0.25, -0.2) is 8.42 Å². The van der Waals surface area contributed by atoms with Crippen molar-refractivity contribution in [1.82, 2.24) is 15.5 Å². The van der Waals surface area contributed by atoms with Crippen LogP contribution in [0, 0.1) is 0 Å². The summed E-state index contributed by atoms with van der Waals surface area (Å²) in [6.07, 6.45) is -3.57. The van der Waals surface area contributed by atoms with Gasteiger partial charge in [-0.05, 0) is 12.1 Å². The molecule has 146 valence electrons. The molecule has 0 saturated carbocycles. The first-order valence-corrected chi connectivity index (χ1v) is 9.83. The van der Waals surface area contributed by atoms with Crippen LogP contribution in [0.4, 0.5) is 18.9 Å². The molecule has 0 bridgehead atoms. The standard InChI is InChI=1S/C15H21F3N4O3S/c1-26(24,25)21-12-5-3-2-4-11(12)14(23)20-10-13(15(16,17)18)22-8-6-19-7-9-22/h2-5,13,19,21H,6-10H2,1H3,(H,20,23). The Bertz CT molecular complexity index is 734. The van der Waals surface area contributed by atoms with E-state index in [1.165, 1.54) is 29.2 Å². The zero-order valence-corrected chi connectivity index (χ0v) is 15.0. The summed E-state index contributed by atoms with van der Waals surface area (Å²) in [5.41, 5.74) is -0.0302. The molecule has 1 atom stereocenters. The lowest BCUT2D eigenvalue weighted by Crippen LogP contribution is -2.57. The number of alkyl halides is 3. The van der Waals surface area contributed by atoms with Crippen LogP contribution in [0.25, 0.3) is 0 Å². The number of piperazine rings is 1. The molecule has 1 aliphatic heterocycles. The SMILES string of the molecule is CS(=O)(=O)Nc1ccccc1C(=O)NCC(N1CCNCC1)C(F)(F)F. The van der Waals surface area contributed by atoms with E-state index in [-0.39, 0.29) is 24.3 Å². The van der Waals surface area contributed by atoms with Crippen LogP contribution in [-0.4, -0.2) is 70.4 Å². The van der Waals surface area contributed by atoms with E-state index in [1.807, 2.05) is 0 Å². The Morgan fingerprint density at radius 3 is 2.46 bits per heavy atom. The highest BCUT2D eigenvalue weighted by atomic mass is 32.2. The first-order valence-electron chi connectivity index (χ1n) is 7.94. The van der Waals surface area contributed by atoms with Crippen molar-refractivity contribution in [2.75, 3.05) is 43.7 Å². The normalized spacial score (nSPS) is 17.5. The number of carbonyl (C=O) groups excluding carboxylic acids is 1. The number of nitrogens with zero attached hydrogens (tertiary/aromatic N) is 1. The van der Waals surface area contributed by atoms with Crippen molar-refractivity contribution in [1.29, 1.82) is 0 Å². The molecule has 1 aromatic carbocycles. The molecule has 1 saturated heterocycles. The van der Waals surface area contributed by atoms with Gasteiger partial charge in [-0.15, -0.1) is 0 Å². The second-order valence-corrected chi connectivity index (χ2v) is 7.72. The molecular formula is C15H21F3N4O3S. The fourth-order valence-electron chi connectivity index (χ4n) is 2.70. The van der Waals surface area contributed by atoms with Gasteiger partial charge in [0.25, 0.3) is 5.91 Å². The number of hydrogen-bond acceptors (Lipinski definition) is 5. The third kappa shape index (κ3) is 5.85. The second-order valence-electron chi connectivity index (χ2n) is 5.97. The maximum Gasteiger partial charge on any atom is 0.405 e. The highest BCUT2D eigenvalue weighted by molar-refractivity contribution is 7.92. The van der Waals surface area contributed by atoms with Crippen LogP contribution >= 0.6 is 0 Å². The number of sulfonamides is 1. The fraction of sp³-hybridized carbons (Fsp3) is 0.533. The molecule has 1 aromatic rings. The van der Waals surface area contributed by atoms with Gasteiger partial charge >= 0.3 is 6.18 Å². The van der Waals surface area contributed by atoms with Gasteiger partial charge in [0.2, 0.25) is 10.0 Å². The minimum Gasteiger partial charge on any atom is -0.350 e. The van der Waals surface area contributed by atoms with Crippen molar-refractivity contribution in [3.63, 3.8) is 0 Å². The predicted molar refractivity (Wildman–Crippen MR) is 91.5 cm³/mol. The molecule has 1 unspecified atom stereocenters. The zero-order chi connectivity index (χ0) is 19.4. The number of amides is 1. The number of para-hydroxylation sites is 1. The van der Waals surface area contributed by atoms with Gasteiger partial charge in [0.1, 0.15) is 6.04 Å². The van der Waals surface area contributed by atoms with E-state index in [0.29, 0.717) is 13.1 Å². The first-order chi connectivity index (χ1) is 12.1. The summed E-state index contributed by atoms with van der Waals surface area (Å²) in [6.45, 7) is 0.733. The smallest absolute Gasteiger partial charge is 0.350 e. The largest absolute Gasteiger partial charge is 0.405 e. The molecule has 1 heterocycles. The number of halogens is 3. The van der Waals surface area contributed by atoms with Crippen molar-refractivity contribution in [2.45, 2.75) is 12.2 Å². The van der Waals surface area contributed by atoms with E-state index in [1.54, 1.807) is 0 Å². The molecule has 0 aliphatic carbocycles. The Morgan fingerprint density at radius 2 is 1.88 bits per heavy atom. The molecule has 1 aliphatic rings.